The quantitative estimate of drug-likeness (QED) is 0.0700. The number of fused-ring (bicyclic) bond motifs is 1. The summed E-state index contributed by atoms with van der Waals surface area (Å²) in [6.45, 7) is 11.9. The third-order valence-corrected chi connectivity index (χ3v) is 18.1. The molecule has 1 unspecified atom stereocenters. The Morgan fingerprint density at radius 3 is 2.23 bits per heavy atom. The lowest BCUT2D eigenvalue weighted by atomic mass is 9.93. The van der Waals surface area contributed by atoms with Gasteiger partial charge in [-0.15, -0.1) is 0 Å². The van der Waals surface area contributed by atoms with Crippen LogP contribution >= 0.6 is 23.1 Å². The maximum Gasteiger partial charge on any atom is 0.262 e. The van der Waals surface area contributed by atoms with E-state index in [1.807, 2.05) is 25.5 Å². The number of piperazine rings is 1. The Hall–Kier alpha value is -6.99. The lowest BCUT2D eigenvalue weighted by Crippen LogP contribution is -2.54. The number of hydrogen-bond donors (Lipinski definition) is 3. The van der Waals surface area contributed by atoms with Crippen molar-refractivity contribution in [2.75, 3.05) is 99.8 Å². The van der Waals surface area contributed by atoms with E-state index in [-0.39, 0.29) is 18.7 Å². The van der Waals surface area contributed by atoms with Crippen molar-refractivity contribution in [2.45, 2.75) is 50.6 Å². The molecule has 4 aromatic carbocycles. The van der Waals surface area contributed by atoms with Gasteiger partial charge in [0.25, 0.3) is 11.8 Å². The minimum Gasteiger partial charge on any atom is -0.494 e. The van der Waals surface area contributed by atoms with Gasteiger partial charge in [-0.3, -0.25) is 39.0 Å². The van der Waals surface area contributed by atoms with Gasteiger partial charge in [0.15, 0.2) is 0 Å². The smallest absolute Gasteiger partial charge is 0.262 e. The zero-order valence-electron chi connectivity index (χ0n) is 44.2. The lowest BCUT2D eigenvalue weighted by Gasteiger charge is -2.44. The van der Waals surface area contributed by atoms with E-state index in [1.54, 1.807) is 79.8 Å². The molecule has 4 fully saturated rings. The Labute approximate surface area is 461 Å². The number of aromatic nitrogens is 4. The van der Waals surface area contributed by atoms with Crippen molar-refractivity contribution < 1.29 is 32.9 Å². The van der Waals surface area contributed by atoms with Crippen LogP contribution in [0.5, 0.6) is 5.75 Å². The summed E-state index contributed by atoms with van der Waals surface area (Å²) in [7, 11) is 0.717. The van der Waals surface area contributed by atoms with Gasteiger partial charge in [-0.25, -0.2) is 9.37 Å². The van der Waals surface area contributed by atoms with Crippen molar-refractivity contribution >= 4 is 86.5 Å². The van der Waals surface area contributed by atoms with E-state index in [4.69, 9.17) is 9.72 Å². The first kappa shape index (κ1) is 53.0. The highest BCUT2D eigenvalue weighted by molar-refractivity contribution is 9.10. The van der Waals surface area contributed by atoms with Crippen LogP contribution in [0.15, 0.2) is 95.9 Å². The first-order chi connectivity index (χ1) is 37.6. The maximum atomic E-state index is 14.8. The standard InChI is InChI=1S/C57H63BrFN12O6P/c1-66-34-37(31-61-66)42-29-47(63-57-60-32-44(58)53(65-57)62-46-12-9-36(27-51(46)78(3,4)76)40-7-5-6-8-45(40)59)50(77-2)30-49(42)70-25-23-69(24-26-70)38-17-19-67(20-18-38)33-35-15-21-68(22-16-35)39-10-11-41-43(28-39)56(75)71(55(41)74)48-13-14-52(72)64-54(48)73/h5-12,27-32,34-35,38,48H,13-26,33H2,1-4H3,(H,64,72,73)(H2,60,62,63,65). The molecule has 78 heavy (non-hydrogen) atoms. The molecule has 0 saturated carbocycles. The monoisotopic (exact) mass is 1140 g/mol. The van der Waals surface area contributed by atoms with Gasteiger partial charge < -0.3 is 34.6 Å². The lowest BCUT2D eigenvalue weighted by molar-refractivity contribution is -0.136. The molecule has 5 aliphatic heterocycles. The molecule has 7 heterocycles. The van der Waals surface area contributed by atoms with Gasteiger partial charge in [0.05, 0.1) is 40.3 Å². The number of nitrogens with zero attached hydrogens (tertiary/aromatic N) is 9. The normalized spacial score (nSPS) is 19.1. The van der Waals surface area contributed by atoms with E-state index < -0.39 is 36.8 Å². The third-order valence-electron chi connectivity index (χ3n) is 16.0. The van der Waals surface area contributed by atoms with Crippen molar-refractivity contribution in [3.05, 3.63) is 113 Å². The highest BCUT2D eigenvalue weighted by Gasteiger charge is 2.45. The first-order valence-corrected chi connectivity index (χ1v) is 30.0. The number of rotatable bonds is 14. The number of ether oxygens (including phenoxy) is 1. The molecular weight excluding hydrogens is 1080 g/mol. The average Bonchev–Trinajstić information content (AvgIpc) is 4.07. The number of piperidine rings is 3. The Balaban J connectivity index is 0.701. The number of anilines is 6. The number of likely N-dealkylation sites (tertiary alicyclic amines) is 1. The van der Waals surface area contributed by atoms with Crippen molar-refractivity contribution in [1.29, 1.82) is 0 Å². The van der Waals surface area contributed by atoms with Crippen molar-refractivity contribution in [3.8, 4) is 28.0 Å². The summed E-state index contributed by atoms with van der Waals surface area (Å²) >= 11 is 3.61. The van der Waals surface area contributed by atoms with Crippen LogP contribution in [-0.2, 0) is 21.2 Å². The Kier molecular flexibility index (Phi) is 15.0. The van der Waals surface area contributed by atoms with Crippen LogP contribution in [-0.4, -0.2) is 150 Å². The topological polar surface area (TPSA) is 190 Å². The number of methoxy groups -OCH3 is 1. The molecule has 3 N–H and O–H groups in total. The van der Waals surface area contributed by atoms with Gasteiger partial charge in [-0.2, -0.15) is 10.1 Å². The fourth-order valence-corrected chi connectivity index (χ4v) is 13.2. The zero-order chi connectivity index (χ0) is 54.4. The summed E-state index contributed by atoms with van der Waals surface area (Å²) in [4.78, 5) is 71.5. The second kappa shape index (κ2) is 22.0. The van der Waals surface area contributed by atoms with Crippen molar-refractivity contribution in [1.82, 2.24) is 39.8 Å². The molecule has 0 aliphatic carbocycles. The van der Waals surface area contributed by atoms with Crippen LogP contribution in [0.25, 0.3) is 22.3 Å². The maximum absolute atomic E-state index is 14.8. The molecule has 0 spiro atoms. The molecule has 406 valence electrons. The summed E-state index contributed by atoms with van der Waals surface area (Å²) in [5, 5.41) is 14.1. The SMILES string of the molecule is COc1cc(N2CCN(C3CCN(CC4CCN(c5ccc6c(c5)C(=O)N(C5CCC(=O)NC5=O)C6=O)CC4)CC3)CC2)c(-c2cnn(C)c2)cc1Nc1ncc(Br)c(Nc2ccc(-c3ccccc3F)cc2P(C)(C)=O)n1. The second-order valence-corrected chi connectivity index (χ2v) is 25.4. The predicted octanol–water partition coefficient (Wildman–Crippen LogP) is 8.09. The molecule has 11 rings (SSSR count). The minimum absolute atomic E-state index is 0.0895. The fourth-order valence-electron chi connectivity index (χ4n) is 11.8. The highest BCUT2D eigenvalue weighted by atomic mass is 79.9. The number of benzene rings is 4. The van der Waals surface area contributed by atoms with Crippen molar-refractivity contribution in [3.63, 3.8) is 0 Å². The summed E-state index contributed by atoms with van der Waals surface area (Å²) in [6.07, 6.45) is 10.1. The van der Waals surface area contributed by atoms with E-state index in [2.05, 4.69) is 73.7 Å². The molecule has 1 atom stereocenters. The molecule has 21 heteroatoms. The molecule has 4 saturated heterocycles. The fraction of sp³-hybridized carbons (Fsp3) is 0.386. The molecule has 0 bridgehead atoms. The molecule has 6 aromatic rings. The summed E-state index contributed by atoms with van der Waals surface area (Å²) < 4.78 is 36.9. The summed E-state index contributed by atoms with van der Waals surface area (Å²) in [6, 6.07) is 21.0. The van der Waals surface area contributed by atoms with Crippen molar-refractivity contribution in [2.24, 2.45) is 13.0 Å². The third kappa shape index (κ3) is 10.9. The molecule has 18 nitrogen and oxygen atoms in total. The predicted molar refractivity (Wildman–Crippen MR) is 304 cm³/mol. The van der Waals surface area contributed by atoms with Gasteiger partial charge in [-0.05, 0) is 128 Å². The number of amides is 4. The van der Waals surface area contributed by atoms with Gasteiger partial charge in [0, 0.05) is 117 Å². The molecule has 5 aliphatic rings. The van der Waals surface area contributed by atoms with E-state index in [0.717, 1.165) is 112 Å². The number of carbonyl (C=O) groups is 4. The number of carbonyl (C=O) groups excluding carboxylic acids is 4. The largest absolute Gasteiger partial charge is 0.494 e. The van der Waals surface area contributed by atoms with Gasteiger partial charge in [0.1, 0.15) is 30.6 Å². The second-order valence-electron chi connectivity index (χ2n) is 21.3. The minimum atomic E-state index is -2.85. The van der Waals surface area contributed by atoms with Crippen LogP contribution < -0.4 is 35.8 Å². The van der Waals surface area contributed by atoms with Crippen LogP contribution in [0.4, 0.5) is 38.9 Å². The Morgan fingerprint density at radius 2 is 1.53 bits per heavy atom. The Morgan fingerprint density at radius 1 is 0.769 bits per heavy atom. The molecular formula is C57H63BrFN12O6P. The summed E-state index contributed by atoms with van der Waals surface area (Å²) in [5.74, 6) is -0.357. The highest BCUT2D eigenvalue weighted by Crippen LogP contribution is 2.43. The molecule has 2 aromatic heterocycles. The van der Waals surface area contributed by atoms with Crippen LogP contribution in [0, 0.1) is 11.7 Å². The molecule has 0 radical (unpaired) electrons. The van der Waals surface area contributed by atoms with E-state index in [0.29, 0.717) is 72.9 Å². The number of aryl methyl sites for hydroxylation is 1. The first-order valence-electron chi connectivity index (χ1n) is 26.6. The number of nitrogens with one attached hydrogen (secondary N) is 3. The number of hydrogen-bond acceptors (Lipinski definition) is 15. The number of imide groups is 2. The van der Waals surface area contributed by atoms with E-state index in [9.17, 15) is 28.1 Å². The Bertz CT molecular complexity index is 3370. The van der Waals surface area contributed by atoms with E-state index >= 15 is 0 Å². The molecule has 4 amide bonds. The average molecular weight is 1140 g/mol. The van der Waals surface area contributed by atoms with Gasteiger partial charge in [0.2, 0.25) is 17.8 Å². The van der Waals surface area contributed by atoms with Gasteiger partial charge in [-0.1, -0.05) is 24.3 Å². The van der Waals surface area contributed by atoms with E-state index in [1.165, 1.54) is 6.07 Å². The summed E-state index contributed by atoms with van der Waals surface area (Å²) in [5.41, 5.74) is 6.85. The number of halogens is 2. The zero-order valence-corrected chi connectivity index (χ0v) is 46.7. The van der Waals surface area contributed by atoms with Gasteiger partial charge >= 0.3 is 0 Å². The van der Waals surface area contributed by atoms with Crippen LogP contribution in [0.3, 0.4) is 0 Å². The van der Waals surface area contributed by atoms with Crippen LogP contribution in [0.1, 0.15) is 59.2 Å². The van der Waals surface area contributed by atoms with Crippen LogP contribution in [0.2, 0.25) is 0 Å².